The molecule has 0 aliphatic carbocycles. The molecule has 0 aliphatic heterocycles. The lowest BCUT2D eigenvalue weighted by Crippen LogP contribution is -1.77. The van der Waals surface area contributed by atoms with Crippen molar-refractivity contribution >= 4 is 8.69 Å². The Kier molecular flexibility index (Phi) is 5.19. The van der Waals surface area contributed by atoms with Crippen LogP contribution in [0.25, 0.3) is 0 Å². The summed E-state index contributed by atoms with van der Waals surface area (Å²) in [4.78, 5) is 0. The second-order valence-electron chi connectivity index (χ2n) is 0.840. The third-order valence-corrected chi connectivity index (χ3v) is 0.697. The Morgan fingerprint density at radius 1 is 1.86 bits per heavy atom. The minimum absolute atomic E-state index is 0.276. The van der Waals surface area contributed by atoms with Crippen LogP contribution in [-0.4, -0.2) is 6.61 Å². The number of nitrogens with zero attached hydrogens (tertiary/aromatic N) is 1. The molecule has 1 atom stereocenters. The van der Waals surface area contributed by atoms with Crippen molar-refractivity contribution in [3.63, 3.8) is 0 Å². The summed E-state index contributed by atoms with van der Waals surface area (Å²) in [5, 5.41) is 7.86. The van der Waals surface area contributed by atoms with Crippen molar-refractivity contribution in [2.24, 2.45) is 0 Å². The van der Waals surface area contributed by atoms with Crippen LogP contribution in [0.2, 0.25) is 0 Å². The highest BCUT2D eigenvalue weighted by molar-refractivity contribution is 7.17. The number of hydrogen-bond acceptors (Lipinski definition) is 3. The van der Waals surface area contributed by atoms with Crippen LogP contribution in [-0.2, 0) is 9.09 Å². The van der Waals surface area contributed by atoms with E-state index in [9.17, 15) is 4.57 Å². The summed E-state index contributed by atoms with van der Waals surface area (Å²) >= 11 is 0. The van der Waals surface area contributed by atoms with Crippen molar-refractivity contribution in [3.8, 4) is 6.07 Å². The zero-order valence-electron chi connectivity index (χ0n) is 3.68. The fourth-order valence-electron chi connectivity index (χ4n) is 0.138. The highest BCUT2D eigenvalue weighted by Gasteiger charge is 1.77. The van der Waals surface area contributed by atoms with Crippen molar-refractivity contribution in [2.75, 3.05) is 6.61 Å². The molecule has 0 spiro atoms. The molecule has 0 aromatic rings. The smallest absolute Gasteiger partial charge is 0.198 e. The largest absolute Gasteiger partial charge is 0.305 e. The molecule has 0 saturated carbocycles. The van der Waals surface area contributed by atoms with Gasteiger partial charge in [-0.05, 0) is 0 Å². The summed E-state index contributed by atoms with van der Waals surface area (Å²) < 4.78 is 13.8. The Bertz CT molecular complexity index is 87.4. The summed E-state index contributed by atoms with van der Waals surface area (Å²) in [5.74, 6) is 0. The molecule has 0 heterocycles. The molecule has 0 fully saturated rings. The molecule has 0 rings (SSSR count). The predicted molar refractivity (Wildman–Crippen MR) is 25.2 cm³/mol. The zero-order valence-corrected chi connectivity index (χ0v) is 4.68. The fourth-order valence-corrected chi connectivity index (χ4v) is 0.324. The van der Waals surface area contributed by atoms with Crippen molar-refractivity contribution < 1.29 is 9.09 Å². The van der Waals surface area contributed by atoms with E-state index in [0.29, 0.717) is 6.42 Å². The van der Waals surface area contributed by atoms with E-state index in [2.05, 4.69) is 4.52 Å². The lowest BCUT2D eigenvalue weighted by Gasteiger charge is -1.81. The third-order valence-electron chi connectivity index (χ3n) is 0.375. The molecule has 0 aliphatic rings. The average molecular weight is 118 g/mol. The Labute approximate surface area is 43.2 Å². The maximum atomic E-state index is 9.50. The molecule has 0 aromatic carbocycles. The second-order valence-corrected chi connectivity index (χ2v) is 1.30. The molecule has 39 valence electrons. The number of rotatable bonds is 3. The first-order valence-electron chi connectivity index (χ1n) is 1.77. The Hall–Kier alpha value is -0.450. The van der Waals surface area contributed by atoms with Gasteiger partial charge < -0.3 is 4.52 Å². The van der Waals surface area contributed by atoms with Crippen LogP contribution in [0.4, 0.5) is 0 Å². The molecule has 1 unspecified atom stereocenters. The van der Waals surface area contributed by atoms with E-state index >= 15 is 0 Å². The van der Waals surface area contributed by atoms with Gasteiger partial charge in [-0.1, -0.05) is 0 Å². The topological polar surface area (TPSA) is 50.1 Å². The molecule has 0 aromatic heterocycles. The monoisotopic (exact) mass is 118 g/mol. The van der Waals surface area contributed by atoms with Crippen LogP contribution in [0.1, 0.15) is 6.42 Å². The average Bonchev–Trinajstić information content (AvgIpc) is 1.69. The molecule has 1 radical (unpaired) electrons. The SMILES string of the molecule is N#CCCO[PH]=O. The van der Waals surface area contributed by atoms with Crippen molar-refractivity contribution in [1.82, 2.24) is 0 Å². The minimum Gasteiger partial charge on any atom is -0.305 e. The maximum Gasteiger partial charge on any atom is 0.198 e. The number of hydrogen-bond donors (Lipinski definition) is 0. The molecule has 7 heavy (non-hydrogen) atoms. The summed E-state index contributed by atoms with van der Waals surface area (Å²) in [6.45, 7) is 0.276. The van der Waals surface area contributed by atoms with Gasteiger partial charge in [-0.15, -0.1) is 0 Å². The summed E-state index contributed by atoms with van der Waals surface area (Å²) in [5.41, 5.74) is 0. The van der Waals surface area contributed by atoms with Gasteiger partial charge in [0.15, 0.2) is 8.69 Å². The Morgan fingerprint density at radius 3 is 3.00 bits per heavy atom. The van der Waals surface area contributed by atoms with Gasteiger partial charge in [-0.2, -0.15) is 5.26 Å². The van der Waals surface area contributed by atoms with Gasteiger partial charge >= 0.3 is 0 Å². The molecule has 0 saturated heterocycles. The van der Waals surface area contributed by atoms with Gasteiger partial charge in [0.1, 0.15) is 0 Å². The van der Waals surface area contributed by atoms with Crippen molar-refractivity contribution in [2.45, 2.75) is 6.42 Å². The third kappa shape index (κ3) is 5.55. The van der Waals surface area contributed by atoms with Gasteiger partial charge in [0.05, 0.1) is 19.1 Å². The Morgan fingerprint density at radius 2 is 2.57 bits per heavy atom. The molecule has 0 amide bonds. The van der Waals surface area contributed by atoms with E-state index in [1.54, 1.807) is 0 Å². The van der Waals surface area contributed by atoms with Crippen LogP contribution in [0.15, 0.2) is 0 Å². The lowest BCUT2D eigenvalue weighted by atomic mass is 10.5. The van der Waals surface area contributed by atoms with Gasteiger partial charge in [0, 0.05) is 0 Å². The molecule has 4 heteroatoms. The van der Waals surface area contributed by atoms with Crippen LogP contribution in [0, 0.1) is 11.3 Å². The fraction of sp³-hybridized carbons (Fsp3) is 0.667. The van der Waals surface area contributed by atoms with Crippen molar-refractivity contribution in [3.05, 3.63) is 0 Å². The summed E-state index contributed by atoms with van der Waals surface area (Å²) in [6.07, 6.45) is 0.315. The normalized spacial score (nSPS) is 8.43. The van der Waals surface area contributed by atoms with E-state index < -0.39 is 8.69 Å². The molecular formula is C3H5NO2P. The quantitative estimate of drug-likeness (QED) is 0.407. The van der Waals surface area contributed by atoms with E-state index in [1.165, 1.54) is 0 Å². The van der Waals surface area contributed by atoms with E-state index in [0.717, 1.165) is 0 Å². The predicted octanol–water partition coefficient (Wildman–Crippen LogP) is 0.856. The van der Waals surface area contributed by atoms with Crippen LogP contribution < -0.4 is 0 Å². The van der Waals surface area contributed by atoms with Gasteiger partial charge in [0.25, 0.3) is 0 Å². The van der Waals surface area contributed by atoms with Gasteiger partial charge in [-0.3, -0.25) is 4.57 Å². The first kappa shape index (κ1) is 6.55. The summed E-state index contributed by atoms with van der Waals surface area (Å²) in [6, 6.07) is 1.84. The molecular weight excluding hydrogens is 113 g/mol. The first-order valence-corrected chi connectivity index (χ1v) is 2.59. The van der Waals surface area contributed by atoms with Crippen LogP contribution in [0.3, 0.4) is 0 Å². The summed E-state index contributed by atoms with van der Waals surface area (Å²) in [7, 11) is -0.733. The van der Waals surface area contributed by atoms with E-state index in [4.69, 9.17) is 5.26 Å². The van der Waals surface area contributed by atoms with Gasteiger partial charge in [0.2, 0.25) is 0 Å². The second kappa shape index (κ2) is 5.55. The van der Waals surface area contributed by atoms with Crippen LogP contribution >= 0.6 is 8.69 Å². The number of nitriles is 1. The van der Waals surface area contributed by atoms with E-state index in [-0.39, 0.29) is 6.61 Å². The minimum atomic E-state index is -0.733. The molecule has 3 nitrogen and oxygen atoms in total. The van der Waals surface area contributed by atoms with Crippen LogP contribution in [0.5, 0.6) is 0 Å². The molecule has 0 bridgehead atoms. The van der Waals surface area contributed by atoms with Gasteiger partial charge in [-0.25, -0.2) is 0 Å². The highest BCUT2D eigenvalue weighted by Crippen LogP contribution is 1.93. The van der Waals surface area contributed by atoms with E-state index in [1.807, 2.05) is 6.07 Å². The van der Waals surface area contributed by atoms with Crippen molar-refractivity contribution in [1.29, 1.82) is 5.26 Å². The lowest BCUT2D eigenvalue weighted by molar-refractivity contribution is 0.352. The zero-order chi connectivity index (χ0) is 5.54. The first-order chi connectivity index (χ1) is 3.41. The maximum absolute atomic E-state index is 9.50. The highest BCUT2D eigenvalue weighted by atomic mass is 31.1. The molecule has 0 N–H and O–H groups in total. The Balaban J connectivity index is 2.72. The standard InChI is InChI=1S/C3H5NO2P/c4-2-1-3-6-7-5/h7H,1,3H2.